The minimum absolute atomic E-state index is 0.0811. The molecule has 0 aliphatic rings. The third-order valence-corrected chi connectivity index (χ3v) is 5.38. The molecule has 0 saturated heterocycles. The van der Waals surface area contributed by atoms with Gasteiger partial charge in [-0.15, -0.1) is 0 Å². The lowest BCUT2D eigenvalue weighted by molar-refractivity contribution is -0.121. The molecule has 0 fully saturated rings. The van der Waals surface area contributed by atoms with Crippen molar-refractivity contribution >= 4 is 28.4 Å². The van der Waals surface area contributed by atoms with Gasteiger partial charge in [-0.1, -0.05) is 48.0 Å². The molecule has 0 aliphatic heterocycles. The second-order valence-corrected chi connectivity index (χ2v) is 7.44. The van der Waals surface area contributed by atoms with E-state index < -0.39 is 0 Å². The molecule has 0 radical (unpaired) electrons. The Kier molecular flexibility index (Phi) is 5.36. The molecular formula is C22H22ClN5O. The number of rotatable bonds is 6. The summed E-state index contributed by atoms with van der Waals surface area (Å²) >= 11 is 6.51. The number of carbonyl (C=O) groups excluding carboxylic acids is 1. The fourth-order valence-electron chi connectivity index (χ4n) is 3.65. The van der Waals surface area contributed by atoms with E-state index in [1.54, 1.807) is 4.68 Å². The number of H-pyrrole nitrogens is 1. The summed E-state index contributed by atoms with van der Waals surface area (Å²) in [7, 11) is 0. The average molecular weight is 408 g/mol. The molecule has 2 aromatic carbocycles. The molecule has 1 amide bonds. The van der Waals surface area contributed by atoms with Crippen LogP contribution in [0.4, 0.5) is 0 Å². The maximum absolute atomic E-state index is 12.6. The van der Waals surface area contributed by atoms with E-state index in [0.717, 1.165) is 27.9 Å². The largest absolute Gasteiger partial charge is 0.361 e. The number of amides is 1. The van der Waals surface area contributed by atoms with E-state index in [9.17, 15) is 4.79 Å². The Morgan fingerprint density at radius 1 is 1.14 bits per heavy atom. The number of nitrogens with one attached hydrogen (secondary N) is 2. The van der Waals surface area contributed by atoms with Crippen molar-refractivity contribution in [3.8, 4) is 0 Å². The number of fused-ring (bicyclic) bond motifs is 1. The number of aryl methyl sites for hydroxylation is 2. The molecule has 148 valence electrons. The van der Waals surface area contributed by atoms with Crippen molar-refractivity contribution in [2.24, 2.45) is 0 Å². The van der Waals surface area contributed by atoms with Crippen LogP contribution in [0, 0.1) is 13.8 Å². The molecule has 29 heavy (non-hydrogen) atoms. The summed E-state index contributed by atoms with van der Waals surface area (Å²) in [6.07, 6.45) is 2.00. The van der Waals surface area contributed by atoms with Gasteiger partial charge in [-0.05, 0) is 37.1 Å². The van der Waals surface area contributed by atoms with Crippen molar-refractivity contribution in [1.82, 2.24) is 25.1 Å². The second kappa shape index (κ2) is 8.09. The van der Waals surface area contributed by atoms with Gasteiger partial charge in [0.1, 0.15) is 18.2 Å². The molecule has 0 bridgehead atoms. The van der Waals surface area contributed by atoms with Gasteiger partial charge in [0.05, 0.1) is 0 Å². The molecule has 1 atom stereocenters. The molecule has 2 N–H and O–H groups in total. The van der Waals surface area contributed by atoms with Gasteiger partial charge < -0.3 is 10.3 Å². The lowest BCUT2D eigenvalue weighted by Crippen LogP contribution is -2.32. The lowest BCUT2D eigenvalue weighted by atomic mass is 9.90. The molecule has 0 unspecified atom stereocenters. The number of carbonyl (C=O) groups is 1. The van der Waals surface area contributed by atoms with E-state index in [4.69, 9.17) is 11.6 Å². The van der Waals surface area contributed by atoms with Crippen LogP contribution in [-0.4, -0.2) is 32.2 Å². The van der Waals surface area contributed by atoms with Crippen LogP contribution in [-0.2, 0) is 11.3 Å². The molecule has 4 aromatic rings. The number of aromatic amines is 1. The van der Waals surface area contributed by atoms with Gasteiger partial charge >= 0.3 is 0 Å². The standard InChI is InChI=1S/C22H22ClN5O/c1-14-26-15(2)28(27-14)13-22(29)25-12-18(16-7-3-5-9-20(16)23)19-11-24-21-10-6-4-8-17(19)21/h3-11,18,24H,12-13H2,1-2H3,(H,25,29)/t18-/m0/s1. The summed E-state index contributed by atoms with van der Waals surface area (Å²) in [5.41, 5.74) is 3.13. The monoisotopic (exact) mass is 407 g/mol. The number of hydrogen-bond donors (Lipinski definition) is 2. The van der Waals surface area contributed by atoms with Crippen molar-refractivity contribution in [3.05, 3.63) is 82.5 Å². The smallest absolute Gasteiger partial charge is 0.241 e. The molecule has 0 saturated carbocycles. The van der Waals surface area contributed by atoms with Crippen molar-refractivity contribution < 1.29 is 4.79 Å². The van der Waals surface area contributed by atoms with Crippen molar-refractivity contribution in [2.75, 3.05) is 6.54 Å². The Balaban J connectivity index is 1.60. The highest BCUT2D eigenvalue weighted by Crippen LogP contribution is 2.34. The van der Waals surface area contributed by atoms with Gasteiger partial charge in [-0.3, -0.25) is 4.79 Å². The number of benzene rings is 2. The summed E-state index contributed by atoms with van der Waals surface area (Å²) in [6, 6.07) is 15.9. The van der Waals surface area contributed by atoms with Crippen LogP contribution in [0.25, 0.3) is 10.9 Å². The zero-order chi connectivity index (χ0) is 20.4. The first kappa shape index (κ1) is 19.2. The third-order valence-electron chi connectivity index (χ3n) is 5.04. The second-order valence-electron chi connectivity index (χ2n) is 7.03. The van der Waals surface area contributed by atoms with Crippen molar-refractivity contribution in [3.63, 3.8) is 0 Å². The van der Waals surface area contributed by atoms with Crippen LogP contribution in [0.1, 0.15) is 28.7 Å². The predicted molar refractivity (Wildman–Crippen MR) is 114 cm³/mol. The van der Waals surface area contributed by atoms with Gasteiger partial charge in [0.15, 0.2) is 0 Å². The summed E-state index contributed by atoms with van der Waals surface area (Å²) in [5.74, 6) is 1.18. The number of aromatic nitrogens is 4. The van der Waals surface area contributed by atoms with Crippen LogP contribution >= 0.6 is 11.6 Å². The van der Waals surface area contributed by atoms with Gasteiger partial charge in [-0.25, -0.2) is 9.67 Å². The van der Waals surface area contributed by atoms with Crippen LogP contribution in [0.15, 0.2) is 54.7 Å². The molecule has 0 spiro atoms. The van der Waals surface area contributed by atoms with Crippen LogP contribution < -0.4 is 5.32 Å². The Morgan fingerprint density at radius 3 is 2.66 bits per heavy atom. The number of nitrogens with zero attached hydrogens (tertiary/aromatic N) is 3. The number of halogens is 1. The zero-order valence-corrected chi connectivity index (χ0v) is 17.1. The normalized spacial score (nSPS) is 12.2. The molecule has 6 nitrogen and oxygen atoms in total. The van der Waals surface area contributed by atoms with E-state index in [-0.39, 0.29) is 18.4 Å². The maximum Gasteiger partial charge on any atom is 0.241 e. The van der Waals surface area contributed by atoms with Crippen LogP contribution in [0.2, 0.25) is 5.02 Å². The number of hydrogen-bond acceptors (Lipinski definition) is 3. The Hall–Kier alpha value is -3.12. The topological polar surface area (TPSA) is 75.6 Å². The Labute approximate surface area is 173 Å². The number of para-hydroxylation sites is 1. The summed E-state index contributed by atoms with van der Waals surface area (Å²) < 4.78 is 1.61. The molecule has 2 heterocycles. The molecule has 7 heteroatoms. The third kappa shape index (κ3) is 4.03. The highest BCUT2D eigenvalue weighted by Gasteiger charge is 2.21. The minimum Gasteiger partial charge on any atom is -0.361 e. The van der Waals surface area contributed by atoms with E-state index >= 15 is 0 Å². The van der Waals surface area contributed by atoms with Crippen LogP contribution in [0.3, 0.4) is 0 Å². The van der Waals surface area contributed by atoms with Gasteiger partial charge in [0, 0.05) is 34.6 Å². The first-order valence-corrected chi connectivity index (χ1v) is 9.86. The van der Waals surface area contributed by atoms with Crippen LogP contribution in [0.5, 0.6) is 0 Å². The molecule has 0 aliphatic carbocycles. The van der Waals surface area contributed by atoms with Crippen molar-refractivity contribution in [1.29, 1.82) is 0 Å². The zero-order valence-electron chi connectivity index (χ0n) is 16.3. The average Bonchev–Trinajstić information content (AvgIpc) is 3.26. The van der Waals surface area contributed by atoms with E-state index in [2.05, 4.69) is 26.4 Å². The fraction of sp³-hybridized carbons (Fsp3) is 0.227. The quantitative estimate of drug-likeness (QED) is 0.507. The predicted octanol–water partition coefficient (Wildman–Crippen LogP) is 3.98. The van der Waals surface area contributed by atoms with E-state index in [0.29, 0.717) is 17.4 Å². The van der Waals surface area contributed by atoms with Crippen molar-refractivity contribution in [2.45, 2.75) is 26.3 Å². The molecule has 2 aromatic heterocycles. The highest BCUT2D eigenvalue weighted by atomic mass is 35.5. The SMILES string of the molecule is Cc1nc(C)n(CC(=O)NC[C@@H](c2ccccc2Cl)c2c[nH]c3ccccc23)n1. The summed E-state index contributed by atoms with van der Waals surface area (Å²) in [5, 5.41) is 9.11. The Morgan fingerprint density at radius 2 is 1.90 bits per heavy atom. The van der Waals surface area contributed by atoms with E-state index in [1.165, 1.54) is 0 Å². The Bertz CT molecular complexity index is 1160. The van der Waals surface area contributed by atoms with E-state index in [1.807, 2.05) is 62.5 Å². The fourth-order valence-corrected chi connectivity index (χ4v) is 3.91. The molecule has 4 rings (SSSR count). The summed E-state index contributed by atoms with van der Waals surface area (Å²) in [6.45, 7) is 4.21. The summed E-state index contributed by atoms with van der Waals surface area (Å²) in [4.78, 5) is 20.1. The maximum atomic E-state index is 12.6. The van der Waals surface area contributed by atoms with Gasteiger partial charge in [0.25, 0.3) is 0 Å². The van der Waals surface area contributed by atoms with Gasteiger partial charge in [0.2, 0.25) is 5.91 Å². The minimum atomic E-state index is -0.116. The van der Waals surface area contributed by atoms with Gasteiger partial charge in [-0.2, -0.15) is 5.10 Å². The first-order valence-electron chi connectivity index (χ1n) is 9.48. The highest BCUT2D eigenvalue weighted by molar-refractivity contribution is 6.31. The lowest BCUT2D eigenvalue weighted by Gasteiger charge is -2.19. The molecular weight excluding hydrogens is 386 g/mol. The first-order chi connectivity index (χ1) is 14.0.